The number of hydrogen-bond acceptors (Lipinski definition) is 5. The van der Waals surface area contributed by atoms with Crippen LogP contribution < -0.4 is 16.4 Å². The van der Waals surface area contributed by atoms with Crippen LogP contribution in [0.1, 0.15) is 30.3 Å². The fraction of sp³-hybridized carbons (Fsp3) is 0.571. The van der Waals surface area contributed by atoms with Crippen LogP contribution in [0.15, 0.2) is 18.3 Å². The van der Waals surface area contributed by atoms with E-state index in [9.17, 15) is 4.79 Å². The SMILES string of the molecule is CCNC(=O)c1cc(NC2(CN)CCOCC2)ccn1. The van der Waals surface area contributed by atoms with Crippen LogP contribution in [-0.2, 0) is 4.74 Å². The largest absolute Gasteiger partial charge is 0.381 e. The molecule has 0 saturated carbocycles. The highest BCUT2D eigenvalue weighted by atomic mass is 16.5. The van der Waals surface area contributed by atoms with Crippen molar-refractivity contribution < 1.29 is 9.53 Å². The van der Waals surface area contributed by atoms with Crippen molar-refractivity contribution in [3.63, 3.8) is 0 Å². The molecule has 1 aromatic heterocycles. The quantitative estimate of drug-likeness (QED) is 0.739. The predicted molar refractivity (Wildman–Crippen MR) is 77.7 cm³/mol. The van der Waals surface area contributed by atoms with Crippen molar-refractivity contribution in [2.24, 2.45) is 5.73 Å². The number of nitrogens with one attached hydrogen (secondary N) is 2. The van der Waals surface area contributed by atoms with Crippen LogP contribution in [0.2, 0.25) is 0 Å². The summed E-state index contributed by atoms with van der Waals surface area (Å²) in [4.78, 5) is 15.9. The van der Waals surface area contributed by atoms with E-state index in [1.54, 1.807) is 12.3 Å². The Hall–Kier alpha value is -1.66. The second-order valence-corrected chi connectivity index (χ2v) is 5.01. The van der Waals surface area contributed by atoms with E-state index >= 15 is 0 Å². The van der Waals surface area contributed by atoms with Gasteiger partial charge in [-0.25, -0.2) is 0 Å². The van der Waals surface area contributed by atoms with E-state index in [1.165, 1.54) is 0 Å². The van der Waals surface area contributed by atoms with E-state index in [2.05, 4.69) is 15.6 Å². The molecule has 0 aliphatic carbocycles. The van der Waals surface area contributed by atoms with Gasteiger partial charge in [-0.15, -0.1) is 0 Å². The third-order valence-corrected chi connectivity index (χ3v) is 3.58. The molecule has 0 aromatic carbocycles. The maximum atomic E-state index is 11.8. The van der Waals surface area contributed by atoms with E-state index in [0.29, 0.717) is 32.0 Å². The highest BCUT2D eigenvalue weighted by Crippen LogP contribution is 2.25. The van der Waals surface area contributed by atoms with Crippen molar-refractivity contribution in [1.29, 1.82) is 0 Å². The topological polar surface area (TPSA) is 89.3 Å². The zero-order valence-corrected chi connectivity index (χ0v) is 11.8. The first-order chi connectivity index (χ1) is 9.69. The normalized spacial score (nSPS) is 17.5. The van der Waals surface area contributed by atoms with Gasteiger partial charge in [-0.1, -0.05) is 0 Å². The van der Waals surface area contributed by atoms with Crippen molar-refractivity contribution in [2.75, 3.05) is 31.6 Å². The summed E-state index contributed by atoms with van der Waals surface area (Å²) in [5, 5.41) is 6.20. The van der Waals surface area contributed by atoms with Crippen LogP contribution in [0.25, 0.3) is 0 Å². The number of anilines is 1. The lowest BCUT2D eigenvalue weighted by Gasteiger charge is -2.37. The Morgan fingerprint density at radius 2 is 2.25 bits per heavy atom. The Kier molecular flexibility index (Phi) is 4.92. The summed E-state index contributed by atoms with van der Waals surface area (Å²) in [6.07, 6.45) is 3.36. The van der Waals surface area contributed by atoms with E-state index in [4.69, 9.17) is 10.5 Å². The summed E-state index contributed by atoms with van der Waals surface area (Å²) in [6.45, 7) is 4.42. The number of ether oxygens (including phenoxy) is 1. The lowest BCUT2D eigenvalue weighted by atomic mass is 9.90. The Bertz CT molecular complexity index is 458. The van der Waals surface area contributed by atoms with E-state index in [-0.39, 0.29) is 11.4 Å². The third-order valence-electron chi connectivity index (χ3n) is 3.58. The molecule has 2 rings (SSSR count). The van der Waals surface area contributed by atoms with Crippen LogP contribution >= 0.6 is 0 Å². The first-order valence-electron chi connectivity index (χ1n) is 6.99. The van der Waals surface area contributed by atoms with Crippen molar-refractivity contribution >= 4 is 11.6 Å². The number of pyridine rings is 1. The van der Waals surface area contributed by atoms with Gasteiger partial charge in [-0.2, -0.15) is 0 Å². The van der Waals surface area contributed by atoms with Crippen molar-refractivity contribution in [1.82, 2.24) is 10.3 Å². The molecule has 6 nitrogen and oxygen atoms in total. The zero-order chi connectivity index (χ0) is 14.4. The standard InChI is InChI=1S/C14H22N4O2/c1-2-16-13(19)12-9-11(3-6-17-12)18-14(10-15)4-7-20-8-5-14/h3,6,9H,2,4-5,7-8,10,15H2,1H3,(H,16,19)(H,17,18). The molecular weight excluding hydrogens is 256 g/mol. The molecule has 4 N–H and O–H groups in total. The molecule has 1 aliphatic heterocycles. The molecule has 6 heteroatoms. The molecule has 0 spiro atoms. The molecule has 20 heavy (non-hydrogen) atoms. The minimum absolute atomic E-state index is 0.155. The van der Waals surface area contributed by atoms with Crippen LogP contribution in [-0.4, -0.2) is 42.7 Å². The monoisotopic (exact) mass is 278 g/mol. The minimum atomic E-state index is -0.162. The molecular formula is C14H22N4O2. The Morgan fingerprint density at radius 3 is 2.90 bits per heavy atom. The van der Waals surface area contributed by atoms with Gasteiger partial charge in [0, 0.05) is 38.2 Å². The summed E-state index contributed by atoms with van der Waals surface area (Å²) in [5.74, 6) is -0.162. The molecule has 0 bridgehead atoms. The predicted octanol–water partition coefficient (Wildman–Crippen LogP) is 0.751. The molecule has 110 valence electrons. The number of carbonyl (C=O) groups is 1. The molecule has 2 heterocycles. The average molecular weight is 278 g/mol. The van der Waals surface area contributed by atoms with Gasteiger partial charge in [0.05, 0.1) is 5.54 Å². The Balaban J connectivity index is 2.12. The van der Waals surface area contributed by atoms with Gasteiger partial charge in [0.1, 0.15) is 5.69 Å². The van der Waals surface area contributed by atoms with Crippen molar-refractivity contribution in [3.05, 3.63) is 24.0 Å². The van der Waals surface area contributed by atoms with Gasteiger partial charge in [0.2, 0.25) is 0 Å². The average Bonchev–Trinajstić information content (AvgIpc) is 2.49. The van der Waals surface area contributed by atoms with Gasteiger partial charge in [-0.3, -0.25) is 9.78 Å². The summed E-state index contributed by atoms with van der Waals surface area (Å²) in [6, 6.07) is 3.62. The summed E-state index contributed by atoms with van der Waals surface area (Å²) >= 11 is 0. The Labute approximate surface area is 119 Å². The summed E-state index contributed by atoms with van der Waals surface area (Å²) < 4.78 is 5.39. The van der Waals surface area contributed by atoms with Gasteiger partial charge < -0.3 is 21.1 Å². The fourth-order valence-corrected chi connectivity index (χ4v) is 2.33. The van der Waals surface area contributed by atoms with Crippen molar-refractivity contribution in [3.8, 4) is 0 Å². The summed E-state index contributed by atoms with van der Waals surface area (Å²) in [5.41, 5.74) is 7.05. The molecule has 0 unspecified atom stereocenters. The van der Waals surface area contributed by atoms with Crippen LogP contribution in [0.4, 0.5) is 5.69 Å². The maximum absolute atomic E-state index is 11.8. The van der Waals surface area contributed by atoms with E-state index in [1.807, 2.05) is 13.0 Å². The van der Waals surface area contributed by atoms with Crippen LogP contribution in [0.5, 0.6) is 0 Å². The van der Waals surface area contributed by atoms with Gasteiger partial charge in [0.15, 0.2) is 0 Å². The molecule has 0 atom stereocenters. The van der Waals surface area contributed by atoms with Crippen molar-refractivity contribution in [2.45, 2.75) is 25.3 Å². The number of aromatic nitrogens is 1. The third kappa shape index (κ3) is 3.46. The number of hydrogen-bond donors (Lipinski definition) is 3. The number of nitrogens with zero attached hydrogens (tertiary/aromatic N) is 1. The minimum Gasteiger partial charge on any atom is -0.381 e. The van der Waals surface area contributed by atoms with Gasteiger partial charge >= 0.3 is 0 Å². The summed E-state index contributed by atoms with van der Waals surface area (Å²) in [7, 11) is 0. The highest BCUT2D eigenvalue weighted by molar-refractivity contribution is 5.93. The number of amides is 1. The molecule has 0 radical (unpaired) electrons. The zero-order valence-electron chi connectivity index (χ0n) is 11.8. The van der Waals surface area contributed by atoms with E-state index < -0.39 is 0 Å². The van der Waals surface area contributed by atoms with Crippen LogP contribution in [0.3, 0.4) is 0 Å². The molecule has 1 fully saturated rings. The van der Waals surface area contributed by atoms with Crippen LogP contribution in [0, 0.1) is 0 Å². The first-order valence-corrected chi connectivity index (χ1v) is 6.99. The Morgan fingerprint density at radius 1 is 1.50 bits per heavy atom. The van der Waals surface area contributed by atoms with E-state index in [0.717, 1.165) is 18.5 Å². The first kappa shape index (κ1) is 14.7. The van der Waals surface area contributed by atoms with Gasteiger partial charge in [-0.05, 0) is 31.9 Å². The number of carbonyl (C=O) groups excluding carboxylic acids is 1. The maximum Gasteiger partial charge on any atom is 0.269 e. The lowest BCUT2D eigenvalue weighted by Crippen LogP contribution is -2.49. The smallest absolute Gasteiger partial charge is 0.269 e. The lowest BCUT2D eigenvalue weighted by molar-refractivity contribution is 0.0628. The molecule has 1 aromatic rings. The molecule has 1 aliphatic rings. The highest BCUT2D eigenvalue weighted by Gasteiger charge is 2.31. The number of nitrogens with two attached hydrogens (primary N) is 1. The number of rotatable bonds is 5. The second-order valence-electron chi connectivity index (χ2n) is 5.01. The van der Waals surface area contributed by atoms with Gasteiger partial charge in [0.25, 0.3) is 5.91 Å². The molecule has 1 amide bonds. The second kappa shape index (κ2) is 6.67. The fourth-order valence-electron chi connectivity index (χ4n) is 2.33. The molecule has 1 saturated heterocycles.